The van der Waals surface area contributed by atoms with E-state index in [1.165, 1.54) is 6.07 Å². The molecule has 0 unspecified atom stereocenters. The molecular weight excluding hydrogens is 292 g/mol. The minimum Gasteiger partial charge on any atom is -0.403 e. The van der Waals surface area contributed by atoms with Gasteiger partial charge in [0.2, 0.25) is 0 Å². The highest BCUT2D eigenvalue weighted by Gasteiger charge is 2.39. The first-order valence-electron chi connectivity index (χ1n) is 5.01. The fourth-order valence-corrected chi connectivity index (χ4v) is 1.46. The third-order valence-electron chi connectivity index (χ3n) is 2.18. The maximum absolute atomic E-state index is 12.7. The highest BCUT2D eigenvalue weighted by Crippen LogP contribution is 2.38. The summed E-state index contributed by atoms with van der Waals surface area (Å²) >= 11 is 0. The van der Waals surface area contributed by atoms with Gasteiger partial charge in [-0.1, -0.05) is 0 Å². The fraction of sp³-hybridized carbons (Fsp3) is 0.400. The molecule has 110 valence electrons. The van der Waals surface area contributed by atoms with Crippen molar-refractivity contribution in [2.75, 3.05) is 0 Å². The topological polar surface area (TPSA) is 71.9 Å². The third kappa shape index (κ3) is 3.74. The summed E-state index contributed by atoms with van der Waals surface area (Å²) < 4.78 is 78.4. The van der Waals surface area contributed by atoms with Crippen molar-refractivity contribution >= 4 is 0 Å². The van der Waals surface area contributed by atoms with Gasteiger partial charge in [-0.25, -0.2) is 0 Å². The van der Waals surface area contributed by atoms with E-state index in [2.05, 4.69) is 9.72 Å². The molecule has 0 atom stereocenters. The van der Waals surface area contributed by atoms with E-state index in [-0.39, 0.29) is 0 Å². The Labute approximate surface area is 108 Å². The summed E-state index contributed by atoms with van der Waals surface area (Å²) in [7, 11) is 0. The summed E-state index contributed by atoms with van der Waals surface area (Å²) in [5.74, 6) is -1.17. The molecule has 0 bridgehead atoms. The second kappa shape index (κ2) is 5.54. The Morgan fingerprint density at radius 3 is 2.25 bits per heavy atom. The second-order valence-electron chi connectivity index (χ2n) is 3.51. The second-order valence-corrected chi connectivity index (χ2v) is 3.51. The lowest BCUT2D eigenvalue weighted by Gasteiger charge is -2.18. The zero-order valence-corrected chi connectivity index (χ0v) is 9.64. The van der Waals surface area contributed by atoms with E-state index in [1.54, 1.807) is 0 Å². The molecule has 0 radical (unpaired) electrons. The summed E-state index contributed by atoms with van der Waals surface area (Å²) in [5.41, 5.74) is 2.21. The highest BCUT2D eigenvalue weighted by atomic mass is 19.4. The number of nitriles is 1. The molecule has 0 aliphatic heterocycles. The van der Waals surface area contributed by atoms with Crippen LogP contribution in [0.3, 0.4) is 0 Å². The monoisotopic (exact) mass is 299 g/mol. The largest absolute Gasteiger partial charge is 0.573 e. The number of rotatable bonds is 3. The molecule has 0 fully saturated rings. The number of nitrogens with two attached hydrogens (primary N) is 1. The Morgan fingerprint density at radius 1 is 1.25 bits per heavy atom. The number of pyridine rings is 1. The predicted octanol–water partition coefficient (Wildman–Crippen LogP) is 2.52. The van der Waals surface area contributed by atoms with Crippen molar-refractivity contribution in [2.24, 2.45) is 5.73 Å². The molecular formula is C10H7F6N3O. The van der Waals surface area contributed by atoms with Gasteiger partial charge in [-0.2, -0.15) is 18.4 Å². The van der Waals surface area contributed by atoms with Crippen LogP contribution < -0.4 is 10.5 Å². The number of alkyl halides is 6. The van der Waals surface area contributed by atoms with Gasteiger partial charge in [-0.15, -0.1) is 13.2 Å². The number of halogens is 6. The van der Waals surface area contributed by atoms with Crippen LogP contribution in [0.1, 0.15) is 16.8 Å². The van der Waals surface area contributed by atoms with E-state index < -0.39 is 48.1 Å². The van der Waals surface area contributed by atoms with Gasteiger partial charge in [0.1, 0.15) is 0 Å². The Morgan fingerprint density at radius 2 is 1.85 bits per heavy atom. The minimum absolute atomic E-state index is 0.331. The van der Waals surface area contributed by atoms with Crippen molar-refractivity contribution in [1.29, 1.82) is 5.26 Å². The van der Waals surface area contributed by atoms with Crippen LogP contribution in [-0.2, 0) is 19.1 Å². The van der Waals surface area contributed by atoms with Gasteiger partial charge >= 0.3 is 12.5 Å². The highest BCUT2D eigenvalue weighted by molar-refractivity contribution is 5.45. The van der Waals surface area contributed by atoms with E-state index >= 15 is 0 Å². The first-order valence-corrected chi connectivity index (χ1v) is 5.01. The molecule has 0 aliphatic carbocycles. The van der Waals surface area contributed by atoms with Crippen LogP contribution in [-0.4, -0.2) is 11.3 Å². The van der Waals surface area contributed by atoms with Crippen molar-refractivity contribution in [3.63, 3.8) is 0 Å². The van der Waals surface area contributed by atoms with Crippen molar-refractivity contribution < 1.29 is 31.1 Å². The van der Waals surface area contributed by atoms with Crippen LogP contribution in [0.2, 0.25) is 0 Å². The first-order chi connectivity index (χ1) is 9.10. The number of aromatic nitrogens is 1. The smallest absolute Gasteiger partial charge is 0.403 e. The molecule has 20 heavy (non-hydrogen) atoms. The molecule has 0 aromatic carbocycles. The van der Waals surface area contributed by atoms with Crippen molar-refractivity contribution in [2.45, 2.75) is 25.5 Å². The van der Waals surface area contributed by atoms with Crippen LogP contribution in [0.15, 0.2) is 6.20 Å². The molecule has 0 saturated heterocycles. The van der Waals surface area contributed by atoms with E-state index in [4.69, 9.17) is 11.0 Å². The van der Waals surface area contributed by atoms with Crippen molar-refractivity contribution in [3.05, 3.63) is 23.0 Å². The predicted molar refractivity (Wildman–Crippen MR) is 53.1 cm³/mol. The summed E-state index contributed by atoms with van der Waals surface area (Å²) in [4.78, 5) is 3.21. The lowest BCUT2D eigenvalue weighted by atomic mass is 10.0. The Balaban J connectivity index is 3.54. The standard InChI is InChI=1S/C10H7F6N3O/c11-9(12,13)6-4-19-7(3-18)8(5(6)1-2-17)20-10(14,15)16/h4H,1,3,18H2. The van der Waals surface area contributed by atoms with E-state index in [1.807, 2.05) is 0 Å². The molecule has 0 amide bonds. The average molecular weight is 299 g/mol. The Kier molecular flexibility index (Phi) is 4.44. The SMILES string of the molecule is N#CCc1c(C(F)(F)F)cnc(CN)c1OC(F)(F)F. The third-order valence-corrected chi connectivity index (χ3v) is 2.18. The quantitative estimate of drug-likeness (QED) is 0.870. The first kappa shape index (κ1) is 16.0. The number of hydrogen-bond donors (Lipinski definition) is 1. The Bertz CT molecular complexity index is 532. The van der Waals surface area contributed by atoms with Crippen LogP contribution in [0, 0.1) is 11.3 Å². The number of ether oxygens (including phenoxy) is 1. The zero-order chi connectivity index (χ0) is 15.6. The van der Waals surface area contributed by atoms with Gasteiger partial charge in [0.15, 0.2) is 5.75 Å². The number of nitrogens with zero attached hydrogens (tertiary/aromatic N) is 2. The maximum Gasteiger partial charge on any atom is 0.573 e. The molecule has 1 aromatic heterocycles. The maximum atomic E-state index is 12.7. The summed E-state index contributed by atoms with van der Waals surface area (Å²) in [6.45, 7) is -0.567. The molecule has 10 heteroatoms. The van der Waals surface area contributed by atoms with E-state index in [0.717, 1.165) is 0 Å². The normalized spacial score (nSPS) is 12.1. The molecule has 1 rings (SSSR count). The molecule has 0 spiro atoms. The van der Waals surface area contributed by atoms with Crippen LogP contribution >= 0.6 is 0 Å². The molecule has 0 saturated carbocycles. The number of hydrogen-bond acceptors (Lipinski definition) is 4. The van der Waals surface area contributed by atoms with E-state index in [9.17, 15) is 26.3 Å². The van der Waals surface area contributed by atoms with Crippen LogP contribution in [0.4, 0.5) is 26.3 Å². The van der Waals surface area contributed by atoms with Gasteiger partial charge in [-0.3, -0.25) is 4.98 Å². The van der Waals surface area contributed by atoms with Crippen LogP contribution in [0.25, 0.3) is 0 Å². The van der Waals surface area contributed by atoms with Gasteiger partial charge < -0.3 is 10.5 Å². The van der Waals surface area contributed by atoms with Crippen molar-refractivity contribution in [1.82, 2.24) is 4.98 Å². The van der Waals surface area contributed by atoms with Gasteiger partial charge in [0, 0.05) is 18.3 Å². The molecule has 1 aromatic rings. The minimum atomic E-state index is -5.22. The molecule has 2 N–H and O–H groups in total. The molecule has 0 aliphatic rings. The summed E-state index contributed by atoms with van der Waals surface area (Å²) in [6.07, 6.45) is -10.8. The Hall–Kier alpha value is -2.02. The van der Waals surface area contributed by atoms with Gasteiger partial charge in [0.25, 0.3) is 0 Å². The van der Waals surface area contributed by atoms with E-state index in [0.29, 0.717) is 6.20 Å². The van der Waals surface area contributed by atoms with Gasteiger partial charge in [0.05, 0.1) is 23.7 Å². The van der Waals surface area contributed by atoms with Crippen LogP contribution in [0.5, 0.6) is 5.75 Å². The summed E-state index contributed by atoms with van der Waals surface area (Å²) in [5, 5.41) is 8.49. The van der Waals surface area contributed by atoms with Gasteiger partial charge in [-0.05, 0) is 0 Å². The zero-order valence-electron chi connectivity index (χ0n) is 9.64. The molecule has 4 nitrogen and oxygen atoms in total. The molecule has 1 heterocycles. The van der Waals surface area contributed by atoms with Crippen molar-refractivity contribution in [3.8, 4) is 11.8 Å². The lowest BCUT2D eigenvalue weighted by molar-refractivity contribution is -0.275. The average Bonchev–Trinajstić information content (AvgIpc) is 2.28. The lowest BCUT2D eigenvalue weighted by Crippen LogP contribution is -2.22. The summed E-state index contributed by atoms with van der Waals surface area (Å²) in [6, 6.07) is 1.36. The fourth-order valence-electron chi connectivity index (χ4n) is 1.46.